The first-order valence-corrected chi connectivity index (χ1v) is 8.42. The van der Waals surface area contributed by atoms with Crippen molar-refractivity contribution in [1.29, 1.82) is 0 Å². The highest BCUT2D eigenvalue weighted by Crippen LogP contribution is 2.26. The Morgan fingerprint density at radius 3 is 2.75 bits per heavy atom. The molecule has 0 fully saturated rings. The second-order valence-corrected chi connectivity index (χ2v) is 7.44. The summed E-state index contributed by atoms with van der Waals surface area (Å²) in [7, 11) is 0. The van der Waals surface area contributed by atoms with E-state index in [0.29, 0.717) is 12.6 Å². The summed E-state index contributed by atoms with van der Waals surface area (Å²) in [6.45, 7) is 5.64. The summed E-state index contributed by atoms with van der Waals surface area (Å²) in [5.74, 6) is 0.873. The number of nitrogens with one attached hydrogen (secondary N) is 1. The Kier molecular flexibility index (Phi) is 5.90. The normalized spacial score (nSPS) is 11.1. The van der Waals surface area contributed by atoms with Gasteiger partial charge in [-0.15, -0.1) is 11.3 Å². The summed E-state index contributed by atoms with van der Waals surface area (Å²) in [5, 5.41) is 3.41. The van der Waals surface area contributed by atoms with E-state index in [0.717, 1.165) is 26.0 Å². The Labute approximate surface area is 137 Å². The van der Waals surface area contributed by atoms with Crippen LogP contribution in [0.4, 0.5) is 0 Å². The molecule has 1 aromatic heterocycles. The van der Waals surface area contributed by atoms with Crippen molar-refractivity contribution >= 4 is 38.9 Å². The lowest BCUT2D eigenvalue weighted by Crippen LogP contribution is -2.22. The number of benzene rings is 1. The van der Waals surface area contributed by atoms with Gasteiger partial charge in [-0.25, -0.2) is 0 Å². The second-order valence-electron chi connectivity index (χ2n) is 4.78. The van der Waals surface area contributed by atoms with Crippen LogP contribution < -0.4 is 10.1 Å². The van der Waals surface area contributed by atoms with Gasteiger partial charge in [0.15, 0.2) is 0 Å². The first-order chi connectivity index (χ1) is 9.54. The molecule has 0 aliphatic heterocycles. The molecule has 0 aliphatic rings. The van der Waals surface area contributed by atoms with Crippen molar-refractivity contribution in [3.8, 4) is 5.75 Å². The van der Waals surface area contributed by atoms with Gasteiger partial charge in [-0.1, -0.05) is 41.4 Å². The fourth-order valence-electron chi connectivity index (χ4n) is 1.67. The van der Waals surface area contributed by atoms with Gasteiger partial charge in [-0.2, -0.15) is 0 Å². The molecule has 0 spiro atoms. The zero-order valence-electron chi connectivity index (χ0n) is 11.5. The highest BCUT2D eigenvalue weighted by Gasteiger charge is 2.05. The largest absolute Gasteiger partial charge is 0.488 e. The van der Waals surface area contributed by atoms with Crippen molar-refractivity contribution in [3.05, 3.63) is 49.6 Å². The first kappa shape index (κ1) is 15.8. The summed E-state index contributed by atoms with van der Waals surface area (Å²) in [4.78, 5) is 1.12. The van der Waals surface area contributed by atoms with Crippen LogP contribution in [0.15, 0.2) is 34.8 Å². The van der Waals surface area contributed by atoms with Crippen molar-refractivity contribution < 1.29 is 4.74 Å². The summed E-state index contributed by atoms with van der Waals surface area (Å²) in [6, 6.07) is 10.4. The third-order valence-electron chi connectivity index (χ3n) is 2.73. The molecule has 20 heavy (non-hydrogen) atoms. The third-order valence-corrected chi connectivity index (χ3v) is 4.71. The molecule has 0 bridgehead atoms. The maximum Gasteiger partial charge on any atom is 0.122 e. The van der Waals surface area contributed by atoms with E-state index < -0.39 is 0 Å². The lowest BCUT2D eigenvalue weighted by atomic mass is 10.2. The molecule has 2 aromatic rings. The van der Waals surface area contributed by atoms with Crippen molar-refractivity contribution in [2.24, 2.45) is 0 Å². The molecular weight excluding hydrogens is 358 g/mol. The molecule has 1 heterocycles. The minimum atomic E-state index is 0.458. The molecule has 0 saturated carbocycles. The quantitative estimate of drug-likeness (QED) is 0.746. The summed E-state index contributed by atoms with van der Waals surface area (Å²) in [5.41, 5.74) is 1.19. The zero-order valence-corrected chi connectivity index (χ0v) is 14.6. The molecule has 0 saturated heterocycles. The Balaban J connectivity index is 1.99. The van der Waals surface area contributed by atoms with E-state index in [4.69, 9.17) is 16.3 Å². The molecule has 0 radical (unpaired) electrons. The van der Waals surface area contributed by atoms with Crippen molar-refractivity contribution in [3.63, 3.8) is 0 Å². The van der Waals surface area contributed by atoms with Crippen LogP contribution in [0, 0.1) is 0 Å². The molecule has 0 amide bonds. The number of ether oxygens (including phenoxy) is 1. The van der Waals surface area contributed by atoms with Crippen LogP contribution in [0.25, 0.3) is 0 Å². The fraction of sp³-hybridized carbons (Fsp3) is 0.333. The van der Waals surface area contributed by atoms with Crippen molar-refractivity contribution in [2.45, 2.75) is 33.0 Å². The zero-order chi connectivity index (χ0) is 14.5. The van der Waals surface area contributed by atoms with Gasteiger partial charge in [0.05, 0.1) is 4.34 Å². The molecule has 1 aromatic carbocycles. The average Bonchev–Trinajstić information content (AvgIpc) is 2.82. The summed E-state index contributed by atoms with van der Waals surface area (Å²) < 4.78 is 7.70. The summed E-state index contributed by atoms with van der Waals surface area (Å²) >= 11 is 11.0. The number of thiophene rings is 1. The van der Waals surface area contributed by atoms with E-state index in [1.54, 1.807) is 11.3 Å². The maximum absolute atomic E-state index is 5.91. The third kappa shape index (κ3) is 4.77. The Morgan fingerprint density at radius 2 is 2.10 bits per heavy atom. The van der Waals surface area contributed by atoms with Crippen LogP contribution in [-0.4, -0.2) is 6.04 Å². The minimum Gasteiger partial charge on any atom is -0.488 e. The van der Waals surface area contributed by atoms with Crippen LogP contribution in [0.2, 0.25) is 4.34 Å². The van der Waals surface area contributed by atoms with Gasteiger partial charge in [0.2, 0.25) is 0 Å². The predicted molar refractivity (Wildman–Crippen MR) is 89.8 cm³/mol. The smallest absolute Gasteiger partial charge is 0.122 e. The van der Waals surface area contributed by atoms with Crippen LogP contribution in [-0.2, 0) is 13.2 Å². The molecule has 108 valence electrons. The summed E-state index contributed by atoms with van der Waals surface area (Å²) in [6.07, 6.45) is 0. The van der Waals surface area contributed by atoms with Gasteiger partial charge in [-0.3, -0.25) is 0 Å². The topological polar surface area (TPSA) is 21.3 Å². The van der Waals surface area contributed by atoms with Gasteiger partial charge >= 0.3 is 0 Å². The van der Waals surface area contributed by atoms with Gasteiger partial charge in [0.1, 0.15) is 12.4 Å². The highest BCUT2D eigenvalue weighted by molar-refractivity contribution is 9.10. The van der Waals surface area contributed by atoms with Crippen LogP contribution >= 0.6 is 38.9 Å². The molecule has 0 atom stereocenters. The van der Waals surface area contributed by atoms with Crippen LogP contribution in [0.5, 0.6) is 5.75 Å². The minimum absolute atomic E-state index is 0.458. The van der Waals surface area contributed by atoms with Crippen molar-refractivity contribution in [1.82, 2.24) is 5.32 Å². The molecule has 2 nitrogen and oxygen atoms in total. The molecular formula is C15H17BrClNOS. The Bertz CT molecular complexity index is 571. The van der Waals surface area contributed by atoms with Gasteiger partial charge < -0.3 is 10.1 Å². The van der Waals surface area contributed by atoms with Crippen LogP contribution in [0.1, 0.15) is 24.3 Å². The monoisotopic (exact) mass is 373 g/mol. The fourth-order valence-corrected chi connectivity index (χ4v) is 3.06. The molecule has 2 rings (SSSR count). The maximum atomic E-state index is 5.91. The molecule has 0 aliphatic carbocycles. The number of halogens is 2. The Morgan fingerprint density at radius 1 is 1.30 bits per heavy atom. The van der Waals surface area contributed by atoms with Crippen molar-refractivity contribution in [2.75, 3.05) is 0 Å². The second kappa shape index (κ2) is 7.46. The highest BCUT2D eigenvalue weighted by atomic mass is 79.9. The number of hydrogen-bond donors (Lipinski definition) is 1. The molecule has 0 unspecified atom stereocenters. The SMILES string of the molecule is CC(C)NCc1cc(OCc2ccc(Cl)s2)ccc1Br. The standard InChI is InChI=1S/C15H17BrClNOS/c1-10(2)18-8-11-7-12(3-5-14(11)16)19-9-13-4-6-15(17)20-13/h3-7,10,18H,8-9H2,1-2H3. The lowest BCUT2D eigenvalue weighted by Gasteiger charge is -2.12. The first-order valence-electron chi connectivity index (χ1n) is 6.43. The van der Waals surface area contributed by atoms with E-state index in [2.05, 4.69) is 41.2 Å². The van der Waals surface area contributed by atoms with Gasteiger partial charge in [-0.05, 0) is 35.9 Å². The Hall–Kier alpha value is -0.550. The molecule has 1 N–H and O–H groups in total. The predicted octanol–water partition coefficient (Wildman–Crippen LogP) is 5.24. The number of rotatable bonds is 6. The van der Waals surface area contributed by atoms with Crippen LogP contribution in [0.3, 0.4) is 0 Å². The molecule has 5 heteroatoms. The average molecular weight is 375 g/mol. The van der Waals surface area contributed by atoms with E-state index >= 15 is 0 Å². The number of hydrogen-bond acceptors (Lipinski definition) is 3. The van der Waals surface area contributed by atoms with Gasteiger partial charge in [0, 0.05) is 21.9 Å². The van der Waals surface area contributed by atoms with E-state index in [-0.39, 0.29) is 0 Å². The van der Waals surface area contributed by atoms with E-state index in [9.17, 15) is 0 Å². The van der Waals surface area contributed by atoms with E-state index in [1.807, 2.05) is 24.3 Å². The van der Waals surface area contributed by atoms with Gasteiger partial charge in [0.25, 0.3) is 0 Å². The van der Waals surface area contributed by atoms with E-state index in [1.165, 1.54) is 5.56 Å². The lowest BCUT2D eigenvalue weighted by molar-refractivity contribution is 0.309.